The molecule has 0 bridgehead atoms. The van der Waals surface area contributed by atoms with Gasteiger partial charge in [0.05, 0.1) is 0 Å². The van der Waals surface area contributed by atoms with Crippen molar-refractivity contribution in [1.82, 2.24) is 5.32 Å². The summed E-state index contributed by atoms with van der Waals surface area (Å²) in [5, 5.41) is 3.46. The molecule has 1 heteroatoms. The van der Waals surface area contributed by atoms with Gasteiger partial charge in [-0.15, -0.1) is 0 Å². The van der Waals surface area contributed by atoms with Crippen molar-refractivity contribution in [2.75, 3.05) is 13.1 Å². The van der Waals surface area contributed by atoms with Crippen LogP contribution in [0.5, 0.6) is 0 Å². The van der Waals surface area contributed by atoms with Crippen LogP contribution in [0.15, 0.2) is 30.3 Å². The molecule has 1 heterocycles. The Morgan fingerprint density at radius 2 is 1.87 bits per heavy atom. The summed E-state index contributed by atoms with van der Waals surface area (Å²) in [7, 11) is 0. The summed E-state index contributed by atoms with van der Waals surface area (Å²) in [6, 6.07) is 11.0. The molecule has 3 rings (SSSR count). The standard InChI is InChI=1S/C14H19N/c1-2-4-12(5-3-1)10-13-11-14(13)6-8-15-9-7-14/h1-5,13,15H,6-11H2. The molecule has 1 aliphatic heterocycles. The first-order valence-corrected chi connectivity index (χ1v) is 6.14. The zero-order chi connectivity index (χ0) is 10.1. The molecule has 0 amide bonds. The van der Waals surface area contributed by atoms with Crippen molar-refractivity contribution in [3.8, 4) is 0 Å². The Labute approximate surface area is 91.9 Å². The largest absolute Gasteiger partial charge is 0.317 e. The molecule has 1 aromatic rings. The average molecular weight is 201 g/mol. The minimum absolute atomic E-state index is 0.737. The molecule has 1 saturated heterocycles. The second-order valence-electron chi connectivity index (χ2n) is 5.20. The maximum Gasteiger partial charge on any atom is -0.00435 e. The summed E-state index contributed by atoms with van der Waals surface area (Å²) in [5.41, 5.74) is 2.26. The summed E-state index contributed by atoms with van der Waals surface area (Å²) in [6.07, 6.45) is 5.60. The Morgan fingerprint density at radius 3 is 2.60 bits per heavy atom. The summed E-state index contributed by atoms with van der Waals surface area (Å²) in [5.74, 6) is 0.974. The molecular formula is C14H19N. The van der Waals surface area contributed by atoms with Crippen molar-refractivity contribution >= 4 is 0 Å². The van der Waals surface area contributed by atoms with E-state index in [-0.39, 0.29) is 0 Å². The van der Waals surface area contributed by atoms with Gasteiger partial charge in [-0.2, -0.15) is 0 Å². The van der Waals surface area contributed by atoms with Gasteiger partial charge in [0.15, 0.2) is 0 Å². The Bertz CT molecular complexity index is 324. The molecule has 1 aromatic carbocycles. The topological polar surface area (TPSA) is 12.0 Å². The van der Waals surface area contributed by atoms with Crippen LogP contribution < -0.4 is 5.32 Å². The van der Waals surface area contributed by atoms with E-state index in [1.165, 1.54) is 44.3 Å². The number of benzene rings is 1. The second-order valence-corrected chi connectivity index (χ2v) is 5.20. The molecular weight excluding hydrogens is 182 g/mol. The molecule has 1 atom stereocenters. The Balaban J connectivity index is 1.63. The maximum atomic E-state index is 3.46. The van der Waals surface area contributed by atoms with Crippen LogP contribution >= 0.6 is 0 Å². The quantitative estimate of drug-likeness (QED) is 0.775. The van der Waals surface area contributed by atoms with E-state index in [1.54, 1.807) is 0 Å². The molecule has 1 nitrogen and oxygen atoms in total. The van der Waals surface area contributed by atoms with E-state index in [0.29, 0.717) is 0 Å². The van der Waals surface area contributed by atoms with Gasteiger partial charge < -0.3 is 5.32 Å². The van der Waals surface area contributed by atoms with Crippen LogP contribution in [-0.4, -0.2) is 13.1 Å². The lowest BCUT2D eigenvalue weighted by atomic mass is 9.90. The van der Waals surface area contributed by atoms with Gasteiger partial charge in [-0.1, -0.05) is 30.3 Å². The first-order valence-electron chi connectivity index (χ1n) is 6.14. The molecule has 1 aliphatic carbocycles. The highest BCUT2D eigenvalue weighted by atomic mass is 14.9. The predicted octanol–water partition coefficient (Wildman–Crippen LogP) is 2.62. The summed E-state index contributed by atoms with van der Waals surface area (Å²) >= 11 is 0. The van der Waals surface area contributed by atoms with Gasteiger partial charge >= 0.3 is 0 Å². The third-order valence-corrected chi connectivity index (χ3v) is 4.28. The Kier molecular flexibility index (Phi) is 2.28. The van der Waals surface area contributed by atoms with E-state index >= 15 is 0 Å². The van der Waals surface area contributed by atoms with Crippen molar-refractivity contribution < 1.29 is 0 Å². The maximum absolute atomic E-state index is 3.46. The minimum Gasteiger partial charge on any atom is -0.317 e. The lowest BCUT2D eigenvalue weighted by Crippen LogP contribution is -2.29. The van der Waals surface area contributed by atoms with Gasteiger partial charge in [-0.25, -0.2) is 0 Å². The first-order chi connectivity index (χ1) is 7.39. The predicted molar refractivity (Wildman–Crippen MR) is 62.8 cm³/mol. The van der Waals surface area contributed by atoms with E-state index in [2.05, 4.69) is 35.6 Å². The van der Waals surface area contributed by atoms with Gasteiger partial charge in [-0.05, 0) is 55.7 Å². The van der Waals surface area contributed by atoms with Crippen molar-refractivity contribution in [2.45, 2.75) is 25.7 Å². The van der Waals surface area contributed by atoms with Gasteiger partial charge in [0, 0.05) is 0 Å². The fourth-order valence-electron chi connectivity index (χ4n) is 3.16. The molecule has 1 unspecified atom stereocenters. The van der Waals surface area contributed by atoms with Crippen LogP contribution in [0.3, 0.4) is 0 Å². The summed E-state index contributed by atoms with van der Waals surface area (Å²) in [4.78, 5) is 0. The van der Waals surface area contributed by atoms with Crippen molar-refractivity contribution in [3.05, 3.63) is 35.9 Å². The van der Waals surface area contributed by atoms with Crippen LogP contribution in [0.25, 0.3) is 0 Å². The van der Waals surface area contributed by atoms with Gasteiger partial charge in [0.2, 0.25) is 0 Å². The van der Waals surface area contributed by atoms with E-state index < -0.39 is 0 Å². The van der Waals surface area contributed by atoms with E-state index in [4.69, 9.17) is 0 Å². The molecule has 1 saturated carbocycles. The highest BCUT2D eigenvalue weighted by Gasteiger charge is 2.53. The SMILES string of the molecule is c1ccc(CC2CC23CCNCC3)cc1. The van der Waals surface area contributed by atoms with Crippen LogP contribution in [0.4, 0.5) is 0 Å². The highest BCUT2D eigenvalue weighted by molar-refractivity contribution is 5.19. The van der Waals surface area contributed by atoms with E-state index in [0.717, 1.165) is 11.3 Å². The van der Waals surface area contributed by atoms with E-state index in [1.807, 2.05) is 0 Å². The molecule has 80 valence electrons. The average Bonchev–Trinajstić information content (AvgIpc) is 2.93. The van der Waals surface area contributed by atoms with Gasteiger partial charge in [-0.3, -0.25) is 0 Å². The van der Waals surface area contributed by atoms with Crippen LogP contribution in [0, 0.1) is 11.3 Å². The number of hydrogen-bond acceptors (Lipinski definition) is 1. The number of rotatable bonds is 2. The highest BCUT2D eigenvalue weighted by Crippen LogP contribution is 2.59. The van der Waals surface area contributed by atoms with Crippen LogP contribution in [0.2, 0.25) is 0 Å². The molecule has 1 N–H and O–H groups in total. The summed E-state index contributed by atoms with van der Waals surface area (Å²) in [6.45, 7) is 2.48. The fraction of sp³-hybridized carbons (Fsp3) is 0.571. The van der Waals surface area contributed by atoms with Crippen molar-refractivity contribution in [3.63, 3.8) is 0 Å². The monoisotopic (exact) mass is 201 g/mol. The van der Waals surface area contributed by atoms with E-state index in [9.17, 15) is 0 Å². The molecule has 2 fully saturated rings. The normalized spacial score (nSPS) is 27.9. The third-order valence-electron chi connectivity index (χ3n) is 4.28. The number of piperidine rings is 1. The molecule has 2 aliphatic rings. The van der Waals surface area contributed by atoms with Gasteiger partial charge in [0.1, 0.15) is 0 Å². The van der Waals surface area contributed by atoms with Crippen LogP contribution in [0.1, 0.15) is 24.8 Å². The third kappa shape index (κ3) is 1.81. The smallest absolute Gasteiger partial charge is 0.00435 e. The molecule has 0 radical (unpaired) electrons. The first kappa shape index (κ1) is 9.41. The molecule has 15 heavy (non-hydrogen) atoms. The lowest BCUT2D eigenvalue weighted by molar-refractivity contribution is 0.322. The van der Waals surface area contributed by atoms with Crippen molar-refractivity contribution in [1.29, 1.82) is 0 Å². The zero-order valence-corrected chi connectivity index (χ0v) is 9.21. The van der Waals surface area contributed by atoms with Crippen LogP contribution in [-0.2, 0) is 6.42 Å². The Hall–Kier alpha value is -0.820. The van der Waals surface area contributed by atoms with Gasteiger partial charge in [0.25, 0.3) is 0 Å². The second kappa shape index (κ2) is 3.64. The molecule has 0 aromatic heterocycles. The minimum atomic E-state index is 0.737. The Morgan fingerprint density at radius 1 is 1.13 bits per heavy atom. The summed E-state index contributed by atoms with van der Waals surface area (Å²) < 4.78 is 0. The van der Waals surface area contributed by atoms with Crippen molar-refractivity contribution in [2.24, 2.45) is 11.3 Å². The number of nitrogens with one attached hydrogen (secondary N) is 1. The number of hydrogen-bond donors (Lipinski definition) is 1. The lowest BCUT2D eigenvalue weighted by Gasteiger charge is -2.23. The fourth-order valence-corrected chi connectivity index (χ4v) is 3.16. The molecule has 1 spiro atoms. The zero-order valence-electron chi connectivity index (χ0n) is 9.21.